The van der Waals surface area contributed by atoms with Crippen LogP contribution >= 0.6 is 22.6 Å². The molecule has 6 nitrogen and oxygen atoms in total. The van der Waals surface area contributed by atoms with Crippen LogP contribution in [-0.4, -0.2) is 74.3 Å². The minimum Gasteiger partial charge on any atom is -0.377 e. The van der Waals surface area contributed by atoms with Gasteiger partial charge in [0.25, 0.3) is 0 Å². The first-order chi connectivity index (χ1) is 11.3. The van der Waals surface area contributed by atoms with Gasteiger partial charge < -0.3 is 24.8 Å². The highest BCUT2D eigenvalue weighted by atomic mass is 127. The molecule has 3 atom stereocenters. The number of halogens is 2. The summed E-state index contributed by atoms with van der Waals surface area (Å²) in [5.74, 6) is -0.167. The van der Waals surface area contributed by atoms with Crippen molar-refractivity contribution in [2.24, 2.45) is 0 Å². The van der Waals surface area contributed by atoms with E-state index in [1.54, 1.807) is 6.92 Å². The summed E-state index contributed by atoms with van der Waals surface area (Å²) in [6.07, 6.45) is -1.07. The highest BCUT2D eigenvalue weighted by molar-refractivity contribution is 14.1. The Hall–Kier alpha value is -0.0300. The molecule has 0 aromatic heterocycles. The largest absolute Gasteiger partial charge is 0.377 e. The van der Waals surface area contributed by atoms with Crippen molar-refractivity contribution in [2.75, 3.05) is 46.1 Å². The van der Waals surface area contributed by atoms with Crippen LogP contribution in [0, 0.1) is 0 Å². The van der Waals surface area contributed by atoms with Gasteiger partial charge >= 0.3 is 0 Å². The van der Waals surface area contributed by atoms with Crippen molar-refractivity contribution in [2.45, 2.75) is 49.9 Å². The van der Waals surface area contributed by atoms with Crippen molar-refractivity contribution < 1.29 is 23.4 Å². The molecule has 2 N–H and O–H groups in total. The third kappa shape index (κ3) is 15.5. The molecule has 0 aliphatic rings. The summed E-state index contributed by atoms with van der Waals surface area (Å²) >= 11 is 1.98. The second kappa shape index (κ2) is 15.2. The minimum absolute atomic E-state index is 0.0246. The van der Waals surface area contributed by atoms with E-state index in [1.807, 2.05) is 29.5 Å². The number of alkyl halides is 2. The van der Waals surface area contributed by atoms with Gasteiger partial charge in [0.15, 0.2) is 0 Å². The number of carbonyl (C=O) groups is 1. The highest BCUT2D eigenvalue weighted by Gasteiger charge is 2.12. The molecule has 0 radical (unpaired) electrons. The molecule has 0 bridgehead atoms. The average Bonchev–Trinajstić information content (AvgIpc) is 2.52. The van der Waals surface area contributed by atoms with Gasteiger partial charge in [-0.25, -0.2) is 4.39 Å². The van der Waals surface area contributed by atoms with Gasteiger partial charge in [-0.1, -0.05) is 36.4 Å². The Morgan fingerprint density at radius 3 is 2.29 bits per heavy atom. The Morgan fingerprint density at radius 2 is 1.67 bits per heavy atom. The lowest BCUT2D eigenvalue weighted by atomic mass is 10.3. The van der Waals surface area contributed by atoms with E-state index in [2.05, 4.69) is 24.5 Å². The summed E-state index contributed by atoms with van der Waals surface area (Å²) in [5, 5.41) is 5.82. The Bertz CT molecular complexity index is 322. The maximum atomic E-state index is 13.5. The summed E-state index contributed by atoms with van der Waals surface area (Å²) in [5.41, 5.74) is 0. The number of nitrogens with one attached hydrogen (secondary N) is 2. The smallest absolute Gasteiger partial charge is 0.232 e. The van der Waals surface area contributed by atoms with E-state index in [-0.39, 0.29) is 29.1 Å². The maximum absolute atomic E-state index is 13.5. The lowest BCUT2D eigenvalue weighted by Gasteiger charge is -2.16. The first-order valence-electron chi connectivity index (χ1n) is 8.39. The zero-order chi connectivity index (χ0) is 18.4. The number of amides is 1. The van der Waals surface area contributed by atoms with Crippen LogP contribution in [-0.2, 0) is 19.0 Å². The Balaban J connectivity index is 3.37. The standard InChI is InChI=1S/C16H32FIN2O4/c1-12(2)19-9-13(3)24-8-7-22-5-6-23-11-15(17)10-20-16(21)14(4)18/h12-15,19H,5-11H2,1-4H3,(H,20,21). The van der Waals surface area contributed by atoms with Gasteiger partial charge in [0.2, 0.25) is 5.91 Å². The fourth-order valence-electron chi connectivity index (χ4n) is 1.61. The SMILES string of the molecule is CC(C)NCC(C)OCCOCCOCC(F)CNC(=O)C(C)I. The monoisotopic (exact) mass is 462 g/mol. The molecule has 0 spiro atoms. The van der Waals surface area contributed by atoms with Crippen LogP contribution in [0.25, 0.3) is 0 Å². The van der Waals surface area contributed by atoms with Crippen molar-refractivity contribution >= 4 is 28.5 Å². The molecule has 144 valence electrons. The van der Waals surface area contributed by atoms with Crippen LogP contribution in [0.3, 0.4) is 0 Å². The van der Waals surface area contributed by atoms with Gasteiger partial charge in [-0.2, -0.15) is 0 Å². The number of rotatable bonds is 15. The van der Waals surface area contributed by atoms with E-state index in [0.29, 0.717) is 32.5 Å². The third-order valence-corrected chi connectivity index (χ3v) is 3.54. The molecule has 0 aromatic carbocycles. The first kappa shape index (κ1) is 24.0. The van der Waals surface area contributed by atoms with Crippen molar-refractivity contribution in [3.05, 3.63) is 0 Å². The van der Waals surface area contributed by atoms with Gasteiger partial charge in [-0.15, -0.1) is 0 Å². The van der Waals surface area contributed by atoms with Crippen LogP contribution in [0.15, 0.2) is 0 Å². The fourth-order valence-corrected chi connectivity index (χ4v) is 1.83. The molecule has 0 aliphatic heterocycles. The summed E-state index contributed by atoms with van der Waals surface area (Å²) < 4.78 is 29.4. The zero-order valence-corrected chi connectivity index (χ0v) is 17.3. The highest BCUT2D eigenvalue weighted by Crippen LogP contribution is 1.98. The molecule has 0 heterocycles. The molecule has 0 rings (SSSR count). The molecule has 3 unspecified atom stereocenters. The van der Waals surface area contributed by atoms with Crippen LogP contribution in [0.2, 0.25) is 0 Å². The van der Waals surface area contributed by atoms with Gasteiger partial charge in [0.05, 0.1) is 49.6 Å². The van der Waals surface area contributed by atoms with E-state index >= 15 is 0 Å². The second-order valence-electron chi connectivity index (χ2n) is 5.89. The quantitative estimate of drug-likeness (QED) is 0.220. The van der Waals surface area contributed by atoms with Gasteiger partial charge in [0, 0.05) is 12.6 Å². The molecule has 0 fully saturated rings. The van der Waals surface area contributed by atoms with Crippen molar-refractivity contribution in [1.82, 2.24) is 10.6 Å². The molecule has 8 heteroatoms. The predicted molar refractivity (Wildman–Crippen MR) is 102 cm³/mol. The first-order valence-corrected chi connectivity index (χ1v) is 9.63. The summed E-state index contributed by atoms with van der Waals surface area (Å²) in [6.45, 7) is 10.4. The Morgan fingerprint density at radius 1 is 1.04 bits per heavy atom. The molecule has 0 saturated carbocycles. The van der Waals surface area contributed by atoms with Gasteiger partial charge in [0.1, 0.15) is 6.17 Å². The molecule has 0 saturated heterocycles. The molecule has 0 aromatic rings. The lowest BCUT2D eigenvalue weighted by Crippen LogP contribution is -2.36. The van der Waals surface area contributed by atoms with Crippen LogP contribution in [0.5, 0.6) is 0 Å². The Labute approximate surface area is 158 Å². The lowest BCUT2D eigenvalue weighted by molar-refractivity contribution is -0.120. The Kier molecular flexibility index (Phi) is 15.2. The molecule has 0 aliphatic carbocycles. The minimum atomic E-state index is -1.21. The van der Waals surface area contributed by atoms with Crippen LogP contribution in [0.1, 0.15) is 27.7 Å². The third-order valence-electron chi connectivity index (χ3n) is 2.97. The summed E-state index contributed by atoms with van der Waals surface area (Å²) in [4.78, 5) is 11.3. The van der Waals surface area contributed by atoms with Crippen molar-refractivity contribution in [3.8, 4) is 0 Å². The second-order valence-corrected chi connectivity index (χ2v) is 7.76. The summed E-state index contributed by atoms with van der Waals surface area (Å²) in [6, 6.07) is 0.446. The van der Waals surface area contributed by atoms with E-state index in [0.717, 1.165) is 6.54 Å². The average molecular weight is 462 g/mol. The van der Waals surface area contributed by atoms with E-state index in [4.69, 9.17) is 14.2 Å². The molecular formula is C16H32FIN2O4. The van der Waals surface area contributed by atoms with Crippen LogP contribution in [0.4, 0.5) is 4.39 Å². The zero-order valence-electron chi connectivity index (χ0n) is 15.1. The molecule has 24 heavy (non-hydrogen) atoms. The van der Waals surface area contributed by atoms with Crippen molar-refractivity contribution in [1.29, 1.82) is 0 Å². The van der Waals surface area contributed by atoms with Crippen molar-refractivity contribution in [3.63, 3.8) is 0 Å². The van der Waals surface area contributed by atoms with E-state index in [9.17, 15) is 9.18 Å². The topological polar surface area (TPSA) is 68.8 Å². The van der Waals surface area contributed by atoms with Gasteiger partial charge in [-0.05, 0) is 13.8 Å². The molecular weight excluding hydrogens is 430 g/mol. The number of carbonyl (C=O) groups excluding carboxylic acids is 1. The van der Waals surface area contributed by atoms with Gasteiger partial charge in [-0.3, -0.25) is 4.79 Å². The normalized spacial score (nSPS) is 15.3. The fraction of sp³-hybridized carbons (Fsp3) is 0.938. The number of hydrogen-bond acceptors (Lipinski definition) is 5. The number of hydrogen-bond donors (Lipinski definition) is 2. The van der Waals surface area contributed by atoms with Crippen LogP contribution < -0.4 is 10.6 Å². The maximum Gasteiger partial charge on any atom is 0.232 e. The van der Waals surface area contributed by atoms with E-state index < -0.39 is 6.17 Å². The number of ether oxygens (including phenoxy) is 3. The summed E-state index contributed by atoms with van der Waals surface area (Å²) in [7, 11) is 0. The molecule has 1 amide bonds. The van der Waals surface area contributed by atoms with E-state index in [1.165, 1.54) is 0 Å². The predicted octanol–water partition coefficient (Wildman–Crippen LogP) is 1.70.